The highest BCUT2D eigenvalue weighted by Crippen LogP contribution is 2.29. The van der Waals surface area contributed by atoms with Crippen molar-refractivity contribution in [2.24, 2.45) is 0 Å². The van der Waals surface area contributed by atoms with Crippen LogP contribution in [0, 0.1) is 13.8 Å². The summed E-state index contributed by atoms with van der Waals surface area (Å²) in [6.07, 6.45) is -0.801. The van der Waals surface area contributed by atoms with Gasteiger partial charge < -0.3 is 14.6 Å². The van der Waals surface area contributed by atoms with E-state index in [1.165, 1.54) is 15.4 Å². The fraction of sp³-hybridized carbons (Fsp3) is 0.333. The molecule has 0 atom stereocenters. The molecule has 158 valence electrons. The summed E-state index contributed by atoms with van der Waals surface area (Å²) in [6, 6.07) is 9.66. The van der Waals surface area contributed by atoms with Gasteiger partial charge in [0.2, 0.25) is 0 Å². The number of aromatic nitrogens is 4. The second-order valence-electron chi connectivity index (χ2n) is 6.58. The minimum atomic E-state index is -0.801. The smallest absolute Gasteiger partial charge is 0.358 e. The Morgan fingerprint density at radius 2 is 1.40 bits per heavy atom. The molecule has 3 aromatic rings. The van der Waals surface area contributed by atoms with Crippen LogP contribution >= 0.6 is 0 Å². The number of para-hydroxylation sites is 1. The summed E-state index contributed by atoms with van der Waals surface area (Å²) in [7, 11) is 0. The number of hydrogen-bond acceptors (Lipinski definition) is 7. The van der Waals surface area contributed by atoms with E-state index < -0.39 is 18.1 Å². The number of carbonyl (C=O) groups is 2. The molecule has 0 radical (unpaired) electrons. The molecule has 2 aromatic heterocycles. The minimum absolute atomic E-state index is 0.123. The van der Waals surface area contributed by atoms with Crippen molar-refractivity contribution in [1.82, 2.24) is 19.6 Å². The van der Waals surface area contributed by atoms with E-state index in [2.05, 4.69) is 10.2 Å². The Labute approximate surface area is 173 Å². The average molecular weight is 411 g/mol. The molecule has 0 unspecified atom stereocenters. The first-order chi connectivity index (χ1) is 14.4. The quantitative estimate of drug-likeness (QED) is 0.548. The van der Waals surface area contributed by atoms with Crippen molar-refractivity contribution in [1.29, 1.82) is 0 Å². The van der Waals surface area contributed by atoms with Crippen LogP contribution in [0.3, 0.4) is 0 Å². The second kappa shape index (κ2) is 8.81. The van der Waals surface area contributed by atoms with Crippen LogP contribution in [0.2, 0.25) is 0 Å². The number of rotatable bonds is 7. The summed E-state index contributed by atoms with van der Waals surface area (Å²) in [5.41, 5.74) is 1.88. The summed E-state index contributed by atoms with van der Waals surface area (Å²) in [5.74, 6) is -1.33. The molecule has 0 aliphatic rings. The Morgan fingerprint density at radius 3 is 1.83 bits per heavy atom. The van der Waals surface area contributed by atoms with E-state index in [-0.39, 0.29) is 30.4 Å². The summed E-state index contributed by atoms with van der Waals surface area (Å²) in [4.78, 5) is 24.3. The lowest BCUT2D eigenvalue weighted by molar-refractivity contribution is -0.270. The van der Waals surface area contributed by atoms with Crippen molar-refractivity contribution in [3.05, 3.63) is 64.7 Å². The fourth-order valence-corrected chi connectivity index (χ4v) is 3.14. The van der Waals surface area contributed by atoms with Gasteiger partial charge in [0, 0.05) is 11.4 Å². The van der Waals surface area contributed by atoms with Crippen LogP contribution < -0.4 is 5.11 Å². The van der Waals surface area contributed by atoms with E-state index in [1.807, 2.05) is 0 Å². The van der Waals surface area contributed by atoms with Crippen molar-refractivity contribution < 1.29 is 24.2 Å². The molecule has 0 amide bonds. The molecule has 0 saturated carbocycles. The normalized spacial score (nSPS) is 11.0. The van der Waals surface area contributed by atoms with Gasteiger partial charge in [-0.2, -0.15) is 10.2 Å². The highest BCUT2D eigenvalue weighted by atomic mass is 16.5. The molecule has 0 aliphatic heterocycles. The van der Waals surface area contributed by atoms with Crippen LogP contribution in [0.5, 0.6) is 5.75 Å². The number of ether oxygens (including phenoxy) is 2. The maximum Gasteiger partial charge on any atom is 0.358 e. The van der Waals surface area contributed by atoms with Crippen molar-refractivity contribution in [3.63, 3.8) is 0 Å². The first-order valence-corrected chi connectivity index (χ1v) is 9.59. The number of aryl methyl sites for hydroxylation is 2. The highest BCUT2D eigenvalue weighted by molar-refractivity contribution is 5.87. The number of hydrogen-bond donors (Lipinski definition) is 0. The van der Waals surface area contributed by atoms with Gasteiger partial charge in [-0.1, -0.05) is 24.3 Å². The Hall–Kier alpha value is -3.62. The molecular formula is C21H23N4O5-. The van der Waals surface area contributed by atoms with Crippen LogP contribution in [0.15, 0.2) is 36.4 Å². The van der Waals surface area contributed by atoms with E-state index in [1.54, 1.807) is 58.0 Å². The van der Waals surface area contributed by atoms with E-state index in [0.29, 0.717) is 17.0 Å². The third-order valence-electron chi connectivity index (χ3n) is 4.47. The van der Waals surface area contributed by atoms with E-state index in [0.717, 1.165) is 0 Å². The SMILES string of the molecule is CCOC(=O)c1cc(C)n(C(c2ccccc2[O-])n2nc(C(=O)OCC)cc2C)n1. The zero-order valence-corrected chi connectivity index (χ0v) is 17.3. The van der Waals surface area contributed by atoms with Crippen LogP contribution in [0.4, 0.5) is 0 Å². The minimum Gasteiger partial charge on any atom is -0.872 e. The Kier molecular flexibility index (Phi) is 6.20. The third-order valence-corrected chi connectivity index (χ3v) is 4.47. The lowest BCUT2D eigenvalue weighted by Gasteiger charge is -2.26. The molecule has 0 saturated heterocycles. The van der Waals surface area contributed by atoms with Crippen molar-refractivity contribution >= 4 is 11.9 Å². The maximum atomic E-state index is 12.7. The molecule has 0 N–H and O–H groups in total. The molecule has 9 heteroatoms. The molecule has 3 rings (SSSR count). The molecule has 0 bridgehead atoms. The van der Waals surface area contributed by atoms with Crippen LogP contribution in [-0.2, 0) is 9.47 Å². The first kappa shape index (κ1) is 21.1. The van der Waals surface area contributed by atoms with Gasteiger partial charge in [-0.25, -0.2) is 19.0 Å². The first-order valence-electron chi connectivity index (χ1n) is 9.59. The third kappa shape index (κ3) is 4.05. The van der Waals surface area contributed by atoms with Crippen molar-refractivity contribution in [3.8, 4) is 5.75 Å². The molecule has 0 spiro atoms. The van der Waals surface area contributed by atoms with E-state index >= 15 is 0 Å². The molecular weight excluding hydrogens is 388 g/mol. The molecule has 9 nitrogen and oxygen atoms in total. The molecule has 0 fully saturated rings. The number of esters is 2. The second-order valence-corrected chi connectivity index (χ2v) is 6.58. The zero-order chi connectivity index (χ0) is 21.8. The van der Waals surface area contributed by atoms with E-state index in [4.69, 9.17) is 9.47 Å². The number of carbonyl (C=O) groups excluding carboxylic acids is 2. The van der Waals surface area contributed by atoms with Crippen LogP contribution in [0.25, 0.3) is 0 Å². The Balaban J connectivity index is 2.16. The van der Waals surface area contributed by atoms with Gasteiger partial charge in [0.25, 0.3) is 0 Å². The van der Waals surface area contributed by atoms with Gasteiger partial charge in [0.1, 0.15) is 0 Å². The summed E-state index contributed by atoms with van der Waals surface area (Å²) >= 11 is 0. The summed E-state index contributed by atoms with van der Waals surface area (Å²) in [6.45, 7) is 7.39. The van der Waals surface area contributed by atoms with Gasteiger partial charge in [-0.3, -0.25) is 0 Å². The van der Waals surface area contributed by atoms with Gasteiger partial charge in [-0.15, -0.1) is 5.75 Å². The van der Waals surface area contributed by atoms with Crippen LogP contribution in [0.1, 0.15) is 57.9 Å². The van der Waals surface area contributed by atoms with Crippen molar-refractivity contribution in [2.45, 2.75) is 33.9 Å². The molecule has 2 heterocycles. The van der Waals surface area contributed by atoms with E-state index in [9.17, 15) is 14.7 Å². The molecule has 30 heavy (non-hydrogen) atoms. The summed E-state index contributed by atoms with van der Waals surface area (Å²) in [5, 5.41) is 21.4. The largest absolute Gasteiger partial charge is 0.872 e. The maximum absolute atomic E-state index is 12.7. The summed E-state index contributed by atoms with van der Waals surface area (Å²) < 4.78 is 13.1. The lowest BCUT2D eigenvalue weighted by Crippen LogP contribution is -2.25. The van der Waals surface area contributed by atoms with Gasteiger partial charge in [-0.05, 0) is 45.4 Å². The highest BCUT2D eigenvalue weighted by Gasteiger charge is 2.26. The predicted octanol–water partition coefficient (Wildman–Crippen LogP) is 2.22. The van der Waals surface area contributed by atoms with Gasteiger partial charge >= 0.3 is 11.9 Å². The van der Waals surface area contributed by atoms with Crippen LogP contribution in [-0.4, -0.2) is 44.7 Å². The van der Waals surface area contributed by atoms with Gasteiger partial charge in [0.15, 0.2) is 17.6 Å². The number of benzene rings is 1. The zero-order valence-electron chi connectivity index (χ0n) is 17.3. The Morgan fingerprint density at radius 1 is 0.933 bits per heavy atom. The fourth-order valence-electron chi connectivity index (χ4n) is 3.14. The Bertz CT molecular complexity index is 1010. The van der Waals surface area contributed by atoms with Gasteiger partial charge in [0.05, 0.1) is 13.2 Å². The monoisotopic (exact) mass is 411 g/mol. The predicted molar refractivity (Wildman–Crippen MR) is 105 cm³/mol. The van der Waals surface area contributed by atoms with Crippen molar-refractivity contribution in [2.75, 3.05) is 13.2 Å². The number of nitrogens with zero attached hydrogens (tertiary/aromatic N) is 4. The topological polar surface area (TPSA) is 111 Å². The lowest BCUT2D eigenvalue weighted by atomic mass is 10.1. The average Bonchev–Trinajstić information content (AvgIpc) is 3.28. The standard InChI is InChI=1S/C21H24N4O5/c1-5-29-20(27)16-11-13(3)24(22-16)19(15-9-7-8-10-18(15)26)25-14(4)12-17(23-25)21(28)30-6-2/h7-12,19,26H,5-6H2,1-4H3/p-1. The molecule has 1 aromatic carbocycles. The molecule has 0 aliphatic carbocycles.